The summed E-state index contributed by atoms with van der Waals surface area (Å²) in [4.78, 5) is 6.46. The first-order chi connectivity index (χ1) is 8.29. The van der Waals surface area contributed by atoms with Crippen molar-refractivity contribution < 1.29 is 4.74 Å². The van der Waals surface area contributed by atoms with Crippen LogP contribution in [-0.4, -0.2) is 31.8 Å². The number of nitrogens with zero attached hydrogens (tertiary/aromatic N) is 2. The van der Waals surface area contributed by atoms with E-state index < -0.39 is 0 Å². The fraction of sp³-hybridized carbons (Fsp3) is 0.615. The zero-order chi connectivity index (χ0) is 12.1. The van der Waals surface area contributed by atoms with Crippen molar-refractivity contribution in [1.82, 2.24) is 4.98 Å². The molecule has 0 amide bonds. The van der Waals surface area contributed by atoms with Crippen LogP contribution in [0.15, 0.2) is 18.3 Å². The predicted molar refractivity (Wildman–Crippen MR) is 70.6 cm³/mol. The highest BCUT2D eigenvalue weighted by atomic mass is 35.5. The smallest absolute Gasteiger partial charge is 0.128 e. The molecule has 1 aromatic rings. The fourth-order valence-corrected chi connectivity index (χ4v) is 1.73. The van der Waals surface area contributed by atoms with Crippen LogP contribution in [0.5, 0.6) is 0 Å². The average Bonchev–Trinajstić information content (AvgIpc) is 3.18. The van der Waals surface area contributed by atoms with Crippen LogP contribution in [0.25, 0.3) is 0 Å². The predicted octanol–water partition coefficient (Wildman–Crippen LogP) is 2.68. The first kappa shape index (κ1) is 12.7. The quantitative estimate of drug-likeness (QED) is 0.553. The van der Waals surface area contributed by atoms with Crippen molar-refractivity contribution in [1.29, 1.82) is 0 Å². The minimum Gasteiger partial charge on any atom is -0.379 e. The van der Waals surface area contributed by atoms with E-state index in [-0.39, 0.29) is 0 Å². The second-order valence-corrected chi connectivity index (χ2v) is 4.87. The van der Waals surface area contributed by atoms with Crippen molar-refractivity contribution in [2.24, 2.45) is 5.92 Å². The van der Waals surface area contributed by atoms with E-state index in [1.54, 1.807) is 0 Å². The Morgan fingerprint density at radius 3 is 2.88 bits per heavy atom. The Balaban J connectivity index is 1.71. The number of alkyl halides is 1. The molecule has 0 aromatic carbocycles. The molecule has 0 bridgehead atoms. The van der Waals surface area contributed by atoms with Gasteiger partial charge in [-0.05, 0) is 30.4 Å². The van der Waals surface area contributed by atoms with E-state index in [1.807, 2.05) is 25.4 Å². The van der Waals surface area contributed by atoms with Gasteiger partial charge in [0.15, 0.2) is 0 Å². The molecule has 0 N–H and O–H groups in total. The molecule has 0 radical (unpaired) electrons. The highest BCUT2D eigenvalue weighted by Gasteiger charge is 2.20. The molecular formula is C13H19ClN2O. The largest absolute Gasteiger partial charge is 0.379 e. The third kappa shape index (κ3) is 4.17. The number of rotatable bonds is 7. The van der Waals surface area contributed by atoms with Gasteiger partial charge in [0.2, 0.25) is 0 Å². The monoisotopic (exact) mass is 254 g/mol. The lowest BCUT2D eigenvalue weighted by Crippen LogP contribution is -2.23. The Kier molecular flexibility index (Phi) is 4.63. The number of hydrogen-bond acceptors (Lipinski definition) is 3. The summed E-state index contributed by atoms with van der Waals surface area (Å²) >= 11 is 5.72. The maximum absolute atomic E-state index is 5.72. The van der Waals surface area contributed by atoms with Crippen LogP contribution >= 0.6 is 11.6 Å². The van der Waals surface area contributed by atoms with E-state index in [9.17, 15) is 0 Å². The molecule has 1 saturated carbocycles. The first-order valence-electron chi connectivity index (χ1n) is 6.09. The molecule has 1 aliphatic rings. The van der Waals surface area contributed by atoms with Crippen LogP contribution < -0.4 is 4.90 Å². The Morgan fingerprint density at radius 1 is 1.47 bits per heavy atom. The van der Waals surface area contributed by atoms with Gasteiger partial charge in [-0.1, -0.05) is 6.07 Å². The normalized spacial score (nSPS) is 14.9. The topological polar surface area (TPSA) is 25.4 Å². The molecule has 0 aliphatic heterocycles. The number of anilines is 1. The number of hydrogen-bond donors (Lipinski definition) is 0. The lowest BCUT2D eigenvalue weighted by atomic mass is 10.3. The molecule has 0 spiro atoms. The fourth-order valence-electron chi connectivity index (χ4n) is 1.57. The number of pyridine rings is 1. The zero-order valence-corrected chi connectivity index (χ0v) is 11.0. The van der Waals surface area contributed by atoms with Crippen LogP contribution in [0.2, 0.25) is 0 Å². The van der Waals surface area contributed by atoms with Crippen LogP contribution in [0, 0.1) is 5.92 Å². The molecule has 0 unspecified atom stereocenters. The second-order valence-electron chi connectivity index (χ2n) is 4.60. The van der Waals surface area contributed by atoms with Gasteiger partial charge in [0.1, 0.15) is 5.82 Å². The van der Waals surface area contributed by atoms with Crippen LogP contribution in [0.1, 0.15) is 18.4 Å². The molecule has 1 aliphatic carbocycles. The molecule has 4 heteroatoms. The van der Waals surface area contributed by atoms with Gasteiger partial charge in [0.25, 0.3) is 0 Å². The van der Waals surface area contributed by atoms with Gasteiger partial charge in [0.05, 0.1) is 6.61 Å². The minimum absolute atomic E-state index is 0.515. The number of halogens is 1. The highest BCUT2D eigenvalue weighted by molar-refractivity contribution is 6.17. The molecule has 1 fully saturated rings. The summed E-state index contributed by atoms with van der Waals surface area (Å²) in [5, 5.41) is 0. The molecule has 0 atom stereocenters. The standard InChI is InChI=1S/C13H19ClN2O/c1-16(6-7-17-10-11-2-3-11)13-5-4-12(8-14)9-15-13/h4-5,9,11H,2-3,6-8,10H2,1H3. The summed E-state index contributed by atoms with van der Waals surface area (Å²) < 4.78 is 5.60. The maximum Gasteiger partial charge on any atom is 0.128 e. The van der Waals surface area contributed by atoms with Crippen molar-refractivity contribution >= 4 is 17.4 Å². The van der Waals surface area contributed by atoms with E-state index in [0.29, 0.717) is 5.88 Å². The Labute approximate surface area is 108 Å². The van der Waals surface area contributed by atoms with Crippen LogP contribution in [0.4, 0.5) is 5.82 Å². The summed E-state index contributed by atoms with van der Waals surface area (Å²) in [7, 11) is 2.03. The van der Waals surface area contributed by atoms with Crippen molar-refractivity contribution in [3.05, 3.63) is 23.9 Å². The summed E-state index contributed by atoms with van der Waals surface area (Å²) in [6.07, 6.45) is 4.51. The molecule has 17 heavy (non-hydrogen) atoms. The lowest BCUT2D eigenvalue weighted by Gasteiger charge is -2.18. The van der Waals surface area contributed by atoms with Crippen LogP contribution in [-0.2, 0) is 10.6 Å². The highest BCUT2D eigenvalue weighted by Crippen LogP contribution is 2.28. The summed E-state index contributed by atoms with van der Waals surface area (Å²) in [6.45, 7) is 2.57. The number of ether oxygens (including phenoxy) is 1. The summed E-state index contributed by atoms with van der Waals surface area (Å²) in [5.74, 6) is 2.32. The van der Waals surface area contributed by atoms with Crippen LogP contribution in [0.3, 0.4) is 0 Å². The Hall–Kier alpha value is -0.800. The van der Waals surface area contributed by atoms with E-state index in [4.69, 9.17) is 16.3 Å². The number of aromatic nitrogens is 1. The van der Waals surface area contributed by atoms with Crippen molar-refractivity contribution in [3.63, 3.8) is 0 Å². The van der Waals surface area contributed by atoms with Gasteiger partial charge in [-0.15, -0.1) is 11.6 Å². The Bertz CT molecular complexity index is 338. The van der Waals surface area contributed by atoms with Crippen molar-refractivity contribution in [3.8, 4) is 0 Å². The number of likely N-dealkylation sites (N-methyl/N-ethyl adjacent to an activating group) is 1. The van der Waals surface area contributed by atoms with Gasteiger partial charge < -0.3 is 9.64 Å². The second kappa shape index (κ2) is 6.22. The van der Waals surface area contributed by atoms with Gasteiger partial charge in [0, 0.05) is 32.3 Å². The molecule has 3 nitrogen and oxygen atoms in total. The molecule has 0 saturated heterocycles. The van der Waals surface area contributed by atoms with E-state index in [1.165, 1.54) is 12.8 Å². The SMILES string of the molecule is CN(CCOCC1CC1)c1ccc(CCl)cn1. The third-order valence-electron chi connectivity index (χ3n) is 2.98. The third-order valence-corrected chi connectivity index (χ3v) is 3.28. The summed E-state index contributed by atoms with van der Waals surface area (Å²) in [6, 6.07) is 4.01. The van der Waals surface area contributed by atoms with Gasteiger partial charge in [-0.2, -0.15) is 0 Å². The summed E-state index contributed by atoms with van der Waals surface area (Å²) in [5.41, 5.74) is 1.05. The van der Waals surface area contributed by atoms with E-state index >= 15 is 0 Å². The maximum atomic E-state index is 5.72. The first-order valence-corrected chi connectivity index (χ1v) is 6.63. The van der Waals surface area contributed by atoms with Gasteiger partial charge in [-0.3, -0.25) is 0 Å². The Morgan fingerprint density at radius 2 is 2.29 bits per heavy atom. The van der Waals surface area contributed by atoms with E-state index in [0.717, 1.165) is 37.1 Å². The van der Waals surface area contributed by atoms with Crippen molar-refractivity contribution in [2.45, 2.75) is 18.7 Å². The minimum atomic E-state index is 0.515. The molecule has 94 valence electrons. The van der Waals surface area contributed by atoms with Crippen molar-refractivity contribution in [2.75, 3.05) is 31.7 Å². The zero-order valence-electron chi connectivity index (χ0n) is 10.2. The molecule has 2 rings (SSSR count). The molecule has 1 aromatic heterocycles. The van der Waals surface area contributed by atoms with Gasteiger partial charge >= 0.3 is 0 Å². The van der Waals surface area contributed by atoms with Gasteiger partial charge in [-0.25, -0.2) is 4.98 Å². The lowest BCUT2D eigenvalue weighted by molar-refractivity contribution is 0.131. The average molecular weight is 255 g/mol. The molecule has 1 heterocycles. The molecular weight excluding hydrogens is 236 g/mol. The van der Waals surface area contributed by atoms with E-state index in [2.05, 4.69) is 9.88 Å².